The lowest BCUT2D eigenvalue weighted by molar-refractivity contribution is 0.245. The van der Waals surface area contributed by atoms with E-state index < -0.39 is 0 Å². The second kappa shape index (κ2) is 6.08. The number of nitrogens with zero attached hydrogens (tertiary/aromatic N) is 1. The van der Waals surface area contributed by atoms with Gasteiger partial charge in [0.25, 0.3) is 0 Å². The molecule has 2 rings (SSSR count). The van der Waals surface area contributed by atoms with Gasteiger partial charge in [0, 0.05) is 11.6 Å². The molecular weight excluding hydrogens is 256 g/mol. The average Bonchev–Trinajstić information content (AvgIpc) is 2.81. The molecule has 0 radical (unpaired) electrons. The van der Waals surface area contributed by atoms with Crippen molar-refractivity contribution >= 4 is 11.6 Å². The Morgan fingerprint density at radius 1 is 1.32 bits per heavy atom. The molecule has 2 N–H and O–H groups in total. The van der Waals surface area contributed by atoms with Crippen LogP contribution in [0, 0.1) is 0 Å². The van der Waals surface area contributed by atoms with Gasteiger partial charge < -0.3 is 10.6 Å². The van der Waals surface area contributed by atoms with Gasteiger partial charge >= 0.3 is 0 Å². The minimum absolute atomic E-state index is 0.360. The lowest BCUT2D eigenvalue weighted by Crippen LogP contribution is -2.47. The van der Waals surface area contributed by atoms with E-state index in [-0.39, 0.29) is 5.54 Å². The summed E-state index contributed by atoms with van der Waals surface area (Å²) in [5, 5.41) is 0.752. The minimum Gasteiger partial charge on any atom is -0.320 e. The van der Waals surface area contributed by atoms with Crippen molar-refractivity contribution in [2.75, 3.05) is 19.6 Å². The number of rotatable bonds is 5. The zero-order chi connectivity index (χ0) is 13.9. The summed E-state index contributed by atoms with van der Waals surface area (Å²) in [7, 11) is 0. The quantitative estimate of drug-likeness (QED) is 0.835. The van der Waals surface area contributed by atoms with E-state index >= 15 is 0 Å². The molecule has 0 amide bonds. The Labute approximate surface area is 121 Å². The summed E-state index contributed by atoms with van der Waals surface area (Å²) in [6, 6.07) is 7.92. The first-order valence-electron chi connectivity index (χ1n) is 6.91. The molecule has 3 heteroatoms. The third kappa shape index (κ3) is 3.82. The van der Waals surface area contributed by atoms with Gasteiger partial charge in [0.1, 0.15) is 0 Å². The monoisotopic (exact) mass is 278 g/mol. The molecule has 1 unspecified atom stereocenters. The summed E-state index contributed by atoms with van der Waals surface area (Å²) in [6.45, 7) is 9.28. The molecule has 0 bridgehead atoms. The van der Waals surface area contributed by atoms with Crippen LogP contribution in [0.5, 0.6) is 0 Å². The molecule has 0 spiro atoms. The average molecular weight is 279 g/mol. The van der Waals surface area contributed by atoms with Crippen LogP contribution in [-0.2, 0) is 5.54 Å². The highest BCUT2D eigenvalue weighted by molar-refractivity contribution is 6.30. The van der Waals surface area contributed by atoms with Crippen molar-refractivity contribution in [2.45, 2.75) is 31.7 Å². The first kappa shape index (κ1) is 14.6. The predicted octanol–water partition coefficient (Wildman–Crippen LogP) is 3.56. The second-order valence-electron chi connectivity index (χ2n) is 5.78. The minimum atomic E-state index is -0.360. The Balaban J connectivity index is 2.21. The molecule has 1 aromatic rings. The molecule has 0 aromatic heterocycles. The van der Waals surface area contributed by atoms with E-state index in [0.29, 0.717) is 0 Å². The Morgan fingerprint density at radius 3 is 2.42 bits per heavy atom. The van der Waals surface area contributed by atoms with Crippen molar-refractivity contribution in [3.05, 3.63) is 47.0 Å². The number of nitrogens with two attached hydrogens (primary N) is 1. The summed E-state index contributed by atoms with van der Waals surface area (Å²) in [5.74, 6) is 0. The summed E-state index contributed by atoms with van der Waals surface area (Å²) in [4.78, 5) is 2.46. The summed E-state index contributed by atoms with van der Waals surface area (Å²) in [6.07, 6.45) is 3.37. The van der Waals surface area contributed by atoms with Crippen molar-refractivity contribution in [1.29, 1.82) is 0 Å². The van der Waals surface area contributed by atoms with Gasteiger partial charge in [0.05, 0.1) is 5.54 Å². The van der Waals surface area contributed by atoms with Gasteiger partial charge in [-0.05, 0) is 57.0 Å². The molecule has 2 nitrogen and oxygen atoms in total. The first-order valence-corrected chi connectivity index (χ1v) is 7.29. The fraction of sp³-hybridized carbons (Fsp3) is 0.500. The van der Waals surface area contributed by atoms with Crippen LogP contribution in [0.4, 0.5) is 0 Å². The van der Waals surface area contributed by atoms with E-state index in [0.717, 1.165) is 42.2 Å². The fourth-order valence-electron chi connectivity index (χ4n) is 2.91. The van der Waals surface area contributed by atoms with Crippen molar-refractivity contribution in [1.82, 2.24) is 4.90 Å². The maximum atomic E-state index is 6.70. The number of hydrogen-bond acceptors (Lipinski definition) is 2. The van der Waals surface area contributed by atoms with Crippen molar-refractivity contribution in [2.24, 2.45) is 5.73 Å². The van der Waals surface area contributed by atoms with Gasteiger partial charge in [-0.2, -0.15) is 0 Å². The van der Waals surface area contributed by atoms with Crippen LogP contribution in [0.2, 0.25) is 5.02 Å². The van der Waals surface area contributed by atoms with Crippen LogP contribution in [0.1, 0.15) is 31.7 Å². The number of hydrogen-bond donors (Lipinski definition) is 1. The zero-order valence-electron chi connectivity index (χ0n) is 11.7. The van der Waals surface area contributed by atoms with Crippen LogP contribution < -0.4 is 5.73 Å². The smallest absolute Gasteiger partial charge is 0.0575 e. The first-order chi connectivity index (χ1) is 8.99. The molecule has 0 saturated carbocycles. The van der Waals surface area contributed by atoms with E-state index in [1.807, 2.05) is 31.2 Å². The van der Waals surface area contributed by atoms with E-state index in [1.54, 1.807) is 0 Å². The molecule has 1 fully saturated rings. The van der Waals surface area contributed by atoms with Gasteiger partial charge in [-0.25, -0.2) is 0 Å². The van der Waals surface area contributed by atoms with Crippen LogP contribution in [-0.4, -0.2) is 24.5 Å². The standard InChI is InChI=1S/C16H23ClN2/c1-13(2)11-16(18,12-19-9-3-4-10-19)14-5-7-15(17)8-6-14/h5-8H,1,3-4,9-12,18H2,2H3. The van der Waals surface area contributed by atoms with Gasteiger partial charge in [0.15, 0.2) is 0 Å². The molecule has 0 aliphatic carbocycles. The maximum absolute atomic E-state index is 6.70. The van der Waals surface area contributed by atoms with E-state index in [2.05, 4.69) is 11.5 Å². The Bertz CT molecular complexity index is 435. The van der Waals surface area contributed by atoms with E-state index in [9.17, 15) is 0 Å². The molecule has 1 aromatic carbocycles. The molecule has 1 saturated heterocycles. The molecule has 1 aliphatic heterocycles. The lowest BCUT2D eigenvalue weighted by Gasteiger charge is -2.34. The largest absolute Gasteiger partial charge is 0.320 e. The van der Waals surface area contributed by atoms with Crippen LogP contribution in [0.15, 0.2) is 36.4 Å². The normalized spacial score (nSPS) is 19.3. The molecule has 19 heavy (non-hydrogen) atoms. The SMILES string of the molecule is C=C(C)CC(N)(CN1CCCC1)c1ccc(Cl)cc1. The third-order valence-electron chi connectivity index (χ3n) is 3.74. The summed E-state index contributed by atoms with van der Waals surface area (Å²) in [5.41, 5.74) is 8.61. The Morgan fingerprint density at radius 2 is 1.89 bits per heavy atom. The summed E-state index contributed by atoms with van der Waals surface area (Å²) < 4.78 is 0. The van der Waals surface area contributed by atoms with E-state index in [4.69, 9.17) is 17.3 Å². The predicted molar refractivity (Wildman–Crippen MR) is 82.4 cm³/mol. The van der Waals surface area contributed by atoms with Gasteiger partial charge in [-0.1, -0.05) is 29.3 Å². The third-order valence-corrected chi connectivity index (χ3v) is 3.99. The van der Waals surface area contributed by atoms with Crippen LogP contribution in [0.3, 0.4) is 0 Å². The maximum Gasteiger partial charge on any atom is 0.0575 e. The van der Waals surface area contributed by atoms with Crippen LogP contribution in [0.25, 0.3) is 0 Å². The molecule has 1 aliphatic rings. The second-order valence-corrected chi connectivity index (χ2v) is 6.22. The topological polar surface area (TPSA) is 29.3 Å². The lowest BCUT2D eigenvalue weighted by atomic mass is 9.84. The van der Waals surface area contributed by atoms with Crippen LogP contribution >= 0.6 is 11.6 Å². The number of halogens is 1. The number of benzene rings is 1. The van der Waals surface area contributed by atoms with Crippen molar-refractivity contribution in [3.63, 3.8) is 0 Å². The molecule has 1 heterocycles. The van der Waals surface area contributed by atoms with E-state index in [1.165, 1.54) is 12.8 Å². The van der Waals surface area contributed by atoms with Gasteiger partial charge in [0.2, 0.25) is 0 Å². The summed E-state index contributed by atoms with van der Waals surface area (Å²) >= 11 is 5.97. The fourth-order valence-corrected chi connectivity index (χ4v) is 3.04. The number of likely N-dealkylation sites (tertiary alicyclic amines) is 1. The van der Waals surface area contributed by atoms with Crippen molar-refractivity contribution < 1.29 is 0 Å². The molecular formula is C16H23ClN2. The Hall–Kier alpha value is -0.830. The van der Waals surface area contributed by atoms with Crippen molar-refractivity contribution in [3.8, 4) is 0 Å². The molecule has 104 valence electrons. The Kier molecular flexibility index (Phi) is 4.67. The highest BCUT2D eigenvalue weighted by Gasteiger charge is 2.30. The van der Waals surface area contributed by atoms with Gasteiger partial charge in [-0.3, -0.25) is 0 Å². The highest BCUT2D eigenvalue weighted by Crippen LogP contribution is 2.29. The van der Waals surface area contributed by atoms with Gasteiger partial charge in [-0.15, -0.1) is 6.58 Å². The zero-order valence-corrected chi connectivity index (χ0v) is 12.4. The molecule has 1 atom stereocenters. The highest BCUT2D eigenvalue weighted by atomic mass is 35.5.